The van der Waals surface area contributed by atoms with Crippen molar-refractivity contribution in [1.29, 1.82) is 0 Å². The first-order valence-electron chi connectivity index (χ1n) is 9.00. The van der Waals surface area contributed by atoms with Crippen molar-refractivity contribution in [3.8, 4) is 5.75 Å². The average molecular weight is 354 g/mol. The van der Waals surface area contributed by atoms with Gasteiger partial charge in [0.15, 0.2) is 0 Å². The van der Waals surface area contributed by atoms with Crippen LogP contribution in [0.5, 0.6) is 5.75 Å². The van der Waals surface area contributed by atoms with Crippen LogP contribution in [0.2, 0.25) is 0 Å². The van der Waals surface area contributed by atoms with E-state index < -0.39 is 0 Å². The van der Waals surface area contributed by atoms with Crippen molar-refractivity contribution < 1.29 is 14.3 Å². The molecule has 2 aromatic rings. The summed E-state index contributed by atoms with van der Waals surface area (Å²) in [5.41, 5.74) is 1.77. The molecule has 0 atom stereocenters. The van der Waals surface area contributed by atoms with Gasteiger partial charge in [-0.2, -0.15) is 0 Å². The van der Waals surface area contributed by atoms with Gasteiger partial charge in [0.2, 0.25) is 5.91 Å². The molecule has 138 valence electrons. The van der Waals surface area contributed by atoms with Crippen molar-refractivity contribution in [2.75, 3.05) is 17.2 Å². The van der Waals surface area contributed by atoms with Crippen molar-refractivity contribution in [3.05, 3.63) is 54.1 Å². The number of unbranched alkanes of at least 4 members (excludes halogenated alkanes) is 3. The van der Waals surface area contributed by atoms with Crippen molar-refractivity contribution in [1.82, 2.24) is 0 Å². The number of amides is 2. The number of carbonyl (C=O) groups is 2. The van der Waals surface area contributed by atoms with Crippen molar-refractivity contribution >= 4 is 23.2 Å². The highest BCUT2D eigenvalue weighted by Gasteiger charge is 2.07. The Morgan fingerprint density at radius 2 is 1.69 bits per heavy atom. The standard InChI is InChI=1S/C21H26N2O3/c1-3-4-5-6-14-26-20-12-10-18(11-13-20)23-21(25)17-8-7-9-19(15-17)22-16(2)24/h7-13,15H,3-6,14H2,1-2H3,(H,22,24)(H,23,25). The summed E-state index contributed by atoms with van der Waals surface area (Å²) < 4.78 is 5.70. The first kappa shape index (κ1) is 19.5. The van der Waals surface area contributed by atoms with Gasteiger partial charge in [0.05, 0.1) is 6.61 Å². The molecule has 5 heteroatoms. The summed E-state index contributed by atoms with van der Waals surface area (Å²) in [5, 5.41) is 5.51. The number of ether oxygens (including phenoxy) is 1. The molecule has 0 aliphatic heterocycles. The molecule has 2 N–H and O–H groups in total. The molecule has 2 aromatic carbocycles. The highest BCUT2D eigenvalue weighted by atomic mass is 16.5. The lowest BCUT2D eigenvalue weighted by molar-refractivity contribution is -0.114. The predicted octanol–water partition coefficient (Wildman–Crippen LogP) is 4.86. The molecule has 2 amide bonds. The minimum absolute atomic E-state index is 0.173. The number of hydrogen-bond acceptors (Lipinski definition) is 3. The SMILES string of the molecule is CCCCCCOc1ccc(NC(=O)c2cccc(NC(C)=O)c2)cc1. The largest absolute Gasteiger partial charge is 0.494 e. The van der Waals surface area contributed by atoms with Crippen LogP contribution in [-0.4, -0.2) is 18.4 Å². The first-order chi connectivity index (χ1) is 12.6. The Bertz CT molecular complexity index is 726. The summed E-state index contributed by atoms with van der Waals surface area (Å²) in [4.78, 5) is 23.5. The van der Waals surface area contributed by atoms with E-state index in [2.05, 4.69) is 17.6 Å². The Morgan fingerprint density at radius 1 is 0.923 bits per heavy atom. The molecule has 5 nitrogen and oxygen atoms in total. The van der Waals surface area contributed by atoms with Crippen LogP contribution in [0, 0.1) is 0 Å². The molecule has 0 aliphatic rings. The van der Waals surface area contributed by atoms with Crippen LogP contribution in [0.3, 0.4) is 0 Å². The molecule has 0 saturated heterocycles. The number of anilines is 2. The number of rotatable bonds is 9. The second kappa shape index (κ2) is 10.2. The van der Waals surface area contributed by atoms with E-state index in [0.717, 1.165) is 12.2 Å². The fourth-order valence-corrected chi connectivity index (χ4v) is 2.50. The monoisotopic (exact) mass is 354 g/mol. The zero-order chi connectivity index (χ0) is 18.8. The van der Waals surface area contributed by atoms with Gasteiger partial charge in [-0.3, -0.25) is 9.59 Å². The molecule has 0 radical (unpaired) electrons. The Hall–Kier alpha value is -2.82. The second-order valence-electron chi connectivity index (χ2n) is 6.15. The van der Waals surface area contributed by atoms with E-state index in [1.54, 1.807) is 24.3 Å². The van der Waals surface area contributed by atoms with E-state index in [9.17, 15) is 9.59 Å². The molecule has 0 heterocycles. The maximum atomic E-state index is 12.4. The number of carbonyl (C=O) groups excluding carboxylic acids is 2. The van der Waals surface area contributed by atoms with Crippen LogP contribution in [0.4, 0.5) is 11.4 Å². The predicted molar refractivity (Wildman–Crippen MR) is 105 cm³/mol. The molecule has 0 unspecified atom stereocenters. The Labute approximate surface area is 154 Å². The fraction of sp³-hybridized carbons (Fsp3) is 0.333. The third-order valence-electron chi connectivity index (χ3n) is 3.82. The topological polar surface area (TPSA) is 67.4 Å². The van der Waals surface area contributed by atoms with Crippen LogP contribution in [0.1, 0.15) is 49.9 Å². The Morgan fingerprint density at radius 3 is 2.38 bits per heavy atom. The van der Waals surface area contributed by atoms with Gasteiger partial charge in [0, 0.05) is 23.9 Å². The molecule has 0 bridgehead atoms. The van der Waals surface area contributed by atoms with E-state index in [0.29, 0.717) is 23.5 Å². The molecule has 2 rings (SSSR count). The smallest absolute Gasteiger partial charge is 0.255 e. The summed E-state index contributed by atoms with van der Waals surface area (Å²) in [5.74, 6) is 0.394. The van der Waals surface area contributed by atoms with Gasteiger partial charge in [-0.15, -0.1) is 0 Å². The lowest BCUT2D eigenvalue weighted by Crippen LogP contribution is -2.13. The molecule has 26 heavy (non-hydrogen) atoms. The summed E-state index contributed by atoms with van der Waals surface area (Å²) in [6.45, 7) is 4.33. The number of hydrogen-bond donors (Lipinski definition) is 2. The normalized spacial score (nSPS) is 10.2. The number of nitrogens with one attached hydrogen (secondary N) is 2. The molecular formula is C21H26N2O3. The van der Waals surface area contributed by atoms with Crippen molar-refractivity contribution in [2.45, 2.75) is 39.5 Å². The minimum Gasteiger partial charge on any atom is -0.494 e. The lowest BCUT2D eigenvalue weighted by atomic mass is 10.2. The Balaban J connectivity index is 1.88. The number of benzene rings is 2. The van der Waals surface area contributed by atoms with Gasteiger partial charge in [0.25, 0.3) is 5.91 Å². The van der Waals surface area contributed by atoms with Gasteiger partial charge in [-0.1, -0.05) is 32.3 Å². The average Bonchev–Trinajstić information content (AvgIpc) is 2.62. The van der Waals surface area contributed by atoms with E-state index in [-0.39, 0.29) is 11.8 Å². The quantitative estimate of drug-likeness (QED) is 0.632. The van der Waals surface area contributed by atoms with E-state index in [1.807, 2.05) is 24.3 Å². The van der Waals surface area contributed by atoms with Gasteiger partial charge in [-0.25, -0.2) is 0 Å². The van der Waals surface area contributed by atoms with Crippen LogP contribution in [-0.2, 0) is 4.79 Å². The maximum absolute atomic E-state index is 12.4. The summed E-state index contributed by atoms with van der Waals surface area (Å²) >= 11 is 0. The van der Waals surface area contributed by atoms with Gasteiger partial charge < -0.3 is 15.4 Å². The molecule has 0 saturated carbocycles. The fourth-order valence-electron chi connectivity index (χ4n) is 2.50. The van der Waals surface area contributed by atoms with E-state index in [1.165, 1.54) is 26.2 Å². The highest BCUT2D eigenvalue weighted by Crippen LogP contribution is 2.18. The zero-order valence-electron chi connectivity index (χ0n) is 15.4. The van der Waals surface area contributed by atoms with Crippen molar-refractivity contribution in [2.24, 2.45) is 0 Å². The third kappa shape index (κ3) is 6.59. The summed E-state index contributed by atoms with van der Waals surface area (Å²) in [6, 6.07) is 14.2. The van der Waals surface area contributed by atoms with Crippen LogP contribution in [0.25, 0.3) is 0 Å². The van der Waals surface area contributed by atoms with Crippen molar-refractivity contribution in [3.63, 3.8) is 0 Å². The molecule has 0 aliphatic carbocycles. The van der Waals surface area contributed by atoms with Crippen LogP contribution in [0.15, 0.2) is 48.5 Å². The zero-order valence-corrected chi connectivity index (χ0v) is 15.4. The molecular weight excluding hydrogens is 328 g/mol. The lowest BCUT2D eigenvalue weighted by Gasteiger charge is -2.09. The second-order valence-corrected chi connectivity index (χ2v) is 6.15. The van der Waals surface area contributed by atoms with E-state index >= 15 is 0 Å². The van der Waals surface area contributed by atoms with Crippen LogP contribution >= 0.6 is 0 Å². The molecule has 0 aromatic heterocycles. The van der Waals surface area contributed by atoms with Gasteiger partial charge in [0.1, 0.15) is 5.75 Å². The highest BCUT2D eigenvalue weighted by molar-refractivity contribution is 6.05. The summed E-state index contributed by atoms with van der Waals surface area (Å²) in [6.07, 6.45) is 4.68. The Kier molecular flexibility index (Phi) is 7.68. The summed E-state index contributed by atoms with van der Waals surface area (Å²) in [7, 11) is 0. The molecule has 0 spiro atoms. The first-order valence-corrected chi connectivity index (χ1v) is 9.00. The third-order valence-corrected chi connectivity index (χ3v) is 3.82. The molecule has 0 fully saturated rings. The van der Waals surface area contributed by atoms with Gasteiger partial charge >= 0.3 is 0 Å². The van der Waals surface area contributed by atoms with Crippen LogP contribution < -0.4 is 15.4 Å². The minimum atomic E-state index is -0.231. The van der Waals surface area contributed by atoms with E-state index in [4.69, 9.17) is 4.74 Å². The van der Waals surface area contributed by atoms with Gasteiger partial charge in [-0.05, 0) is 48.9 Å². The maximum Gasteiger partial charge on any atom is 0.255 e.